The molecule has 0 aliphatic carbocycles. The lowest BCUT2D eigenvalue weighted by molar-refractivity contribution is 0.537. The highest BCUT2D eigenvalue weighted by molar-refractivity contribution is 5.50. The van der Waals surface area contributed by atoms with Crippen molar-refractivity contribution in [1.29, 1.82) is 0 Å². The van der Waals surface area contributed by atoms with Gasteiger partial charge in [0.1, 0.15) is 5.82 Å². The van der Waals surface area contributed by atoms with Crippen LogP contribution in [0.3, 0.4) is 0 Å². The van der Waals surface area contributed by atoms with Crippen molar-refractivity contribution in [3.05, 3.63) is 11.3 Å². The van der Waals surface area contributed by atoms with Gasteiger partial charge in [-0.15, -0.1) is 0 Å². The summed E-state index contributed by atoms with van der Waals surface area (Å²) in [5, 5.41) is 4.62. The van der Waals surface area contributed by atoms with Gasteiger partial charge in [0.15, 0.2) is 0 Å². The molecule has 0 spiro atoms. The number of hydrogen-bond acceptors (Lipinski definition) is 3. The Balaban J connectivity index is 3.07. The Morgan fingerprint density at radius 3 is 2.40 bits per heavy atom. The van der Waals surface area contributed by atoms with E-state index in [9.17, 15) is 0 Å². The molecule has 0 bridgehead atoms. The fraction of sp³-hybridized carbons (Fsp3) is 0.812. The lowest BCUT2D eigenvalue weighted by Gasteiger charge is -2.27. The Hall–Kier alpha value is -1.03. The largest absolute Gasteiger partial charge is 0.357 e. The highest BCUT2D eigenvalue weighted by Gasteiger charge is 2.20. The van der Waals surface area contributed by atoms with E-state index in [1.807, 2.05) is 11.7 Å². The van der Waals surface area contributed by atoms with Crippen molar-refractivity contribution >= 4 is 5.82 Å². The van der Waals surface area contributed by atoms with Gasteiger partial charge < -0.3 is 10.6 Å². The molecular formula is C16H32N4. The number of hydrogen-bond donors (Lipinski definition) is 1. The number of aromatic nitrogens is 2. The second-order valence-electron chi connectivity index (χ2n) is 5.94. The number of aryl methyl sites for hydroxylation is 2. The molecule has 0 aromatic carbocycles. The van der Waals surface area contributed by atoms with Crippen LogP contribution < -0.4 is 10.6 Å². The lowest BCUT2D eigenvalue weighted by atomic mass is 10.0. The molecule has 4 nitrogen and oxygen atoms in total. The molecule has 0 radical (unpaired) electrons. The van der Waals surface area contributed by atoms with Gasteiger partial charge >= 0.3 is 0 Å². The summed E-state index contributed by atoms with van der Waals surface area (Å²) < 4.78 is 2.03. The first-order valence-electron chi connectivity index (χ1n) is 7.97. The van der Waals surface area contributed by atoms with E-state index in [2.05, 4.69) is 44.6 Å². The Morgan fingerprint density at radius 2 is 1.90 bits per heavy atom. The van der Waals surface area contributed by atoms with E-state index < -0.39 is 0 Å². The van der Waals surface area contributed by atoms with Gasteiger partial charge in [0.2, 0.25) is 0 Å². The molecule has 1 rings (SSSR count). The monoisotopic (exact) mass is 280 g/mol. The van der Waals surface area contributed by atoms with E-state index in [0.29, 0.717) is 5.92 Å². The lowest BCUT2D eigenvalue weighted by Crippen LogP contribution is -2.31. The van der Waals surface area contributed by atoms with Gasteiger partial charge in [0.25, 0.3) is 0 Å². The first-order valence-corrected chi connectivity index (χ1v) is 7.97. The van der Waals surface area contributed by atoms with Gasteiger partial charge in [-0.05, 0) is 32.6 Å². The van der Waals surface area contributed by atoms with Gasteiger partial charge in [-0.3, -0.25) is 4.68 Å². The summed E-state index contributed by atoms with van der Waals surface area (Å²) in [5.41, 5.74) is 8.61. The second-order valence-corrected chi connectivity index (χ2v) is 5.94. The third kappa shape index (κ3) is 3.98. The molecule has 0 saturated carbocycles. The van der Waals surface area contributed by atoms with Crippen LogP contribution in [-0.2, 0) is 13.5 Å². The molecule has 0 aliphatic rings. The number of nitrogens with zero attached hydrogens (tertiary/aromatic N) is 3. The van der Waals surface area contributed by atoms with E-state index in [1.54, 1.807) is 0 Å². The third-order valence-corrected chi connectivity index (χ3v) is 4.21. The summed E-state index contributed by atoms with van der Waals surface area (Å²) in [6.07, 6.45) is 3.13. The Labute approximate surface area is 124 Å². The summed E-state index contributed by atoms with van der Waals surface area (Å²) in [6, 6.07) is 0.221. The molecule has 20 heavy (non-hydrogen) atoms. The van der Waals surface area contributed by atoms with Crippen LogP contribution in [0.1, 0.15) is 51.8 Å². The minimum atomic E-state index is 0.221. The van der Waals surface area contributed by atoms with Gasteiger partial charge in [0, 0.05) is 31.7 Å². The molecule has 4 heteroatoms. The summed E-state index contributed by atoms with van der Waals surface area (Å²) in [7, 11) is 2.04. The summed E-state index contributed by atoms with van der Waals surface area (Å²) in [6.45, 7) is 13.1. The zero-order valence-corrected chi connectivity index (χ0v) is 14.1. The standard InChI is InChI=1S/C16H32N4/c1-7-12(4)11-20(9-3)16-15(10-14(17)8-2)13(5)18-19(16)6/h12,14H,7-11,17H2,1-6H3. The molecule has 2 unspecified atom stereocenters. The van der Waals surface area contributed by atoms with Gasteiger partial charge in [-0.2, -0.15) is 5.10 Å². The Morgan fingerprint density at radius 1 is 1.25 bits per heavy atom. The van der Waals surface area contributed by atoms with Crippen molar-refractivity contribution in [3.8, 4) is 0 Å². The molecule has 2 atom stereocenters. The number of rotatable bonds is 8. The number of anilines is 1. The maximum Gasteiger partial charge on any atom is 0.130 e. The van der Waals surface area contributed by atoms with Crippen molar-refractivity contribution in [3.63, 3.8) is 0 Å². The van der Waals surface area contributed by atoms with E-state index >= 15 is 0 Å². The first-order chi connectivity index (χ1) is 9.44. The minimum absolute atomic E-state index is 0.221. The predicted octanol–water partition coefficient (Wildman–Crippen LogP) is 2.88. The maximum absolute atomic E-state index is 6.17. The van der Waals surface area contributed by atoms with Crippen molar-refractivity contribution in [2.45, 2.75) is 59.9 Å². The topological polar surface area (TPSA) is 47.1 Å². The van der Waals surface area contributed by atoms with Crippen LogP contribution >= 0.6 is 0 Å². The molecule has 0 saturated heterocycles. The van der Waals surface area contributed by atoms with Gasteiger partial charge in [0.05, 0.1) is 5.69 Å². The summed E-state index contributed by atoms with van der Waals surface area (Å²) in [5.74, 6) is 1.95. The number of nitrogens with two attached hydrogens (primary N) is 1. The Kier molecular flexibility index (Phi) is 6.53. The summed E-state index contributed by atoms with van der Waals surface area (Å²) >= 11 is 0. The van der Waals surface area contributed by atoms with E-state index in [1.165, 1.54) is 17.8 Å². The summed E-state index contributed by atoms with van der Waals surface area (Å²) in [4.78, 5) is 2.45. The van der Waals surface area contributed by atoms with E-state index in [-0.39, 0.29) is 6.04 Å². The van der Waals surface area contributed by atoms with Crippen LogP contribution in [0.5, 0.6) is 0 Å². The quantitative estimate of drug-likeness (QED) is 0.796. The fourth-order valence-electron chi connectivity index (χ4n) is 2.60. The van der Waals surface area contributed by atoms with Crippen molar-refractivity contribution < 1.29 is 0 Å². The van der Waals surface area contributed by atoms with Crippen molar-refractivity contribution in [1.82, 2.24) is 9.78 Å². The third-order valence-electron chi connectivity index (χ3n) is 4.21. The molecule has 2 N–H and O–H groups in total. The molecule has 1 aromatic rings. The molecule has 1 heterocycles. The van der Waals surface area contributed by atoms with Crippen LogP contribution in [0.25, 0.3) is 0 Å². The fourth-order valence-corrected chi connectivity index (χ4v) is 2.60. The average Bonchev–Trinajstić information content (AvgIpc) is 2.70. The molecule has 0 aliphatic heterocycles. The molecule has 0 amide bonds. The normalized spacial score (nSPS) is 14.3. The van der Waals surface area contributed by atoms with Crippen LogP contribution in [0, 0.1) is 12.8 Å². The SMILES string of the molecule is CCC(C)CN(CC)c1c(CC(N)CC)c(C)nn1C. The maximum atomic E-state index is 6.17. The van der Waals surface area contributed by atoms with Crippen LogP contribution in [0.2, 0.25) is 0 Å². The van der Waals surface area contributed by atoms with Gasteiger partial charge in [-0.25, -0.2) is 0 Å². The highest BCUT2D eigenvalue weighted by atomic mass is 15.4. The van der Waals surface area contributed by atoms with E-state index in [0.717, 1.165) is 31.6 Å². The first kappa shape index (κ1) is 17.0. The second kappa shape index (κ2) is 7.67. The zero-order chi connectivity index (χ0) is 15.3. The van der Waals surface area contributed by atoms with Crippen molar-refractivity contribution in [2.75, 3.05) is 18.0 Å². The molecule has 0 fully saturated rings. The highest BCUT2D eigenvalue weighted by Crippen LogP contribution is 2.26. The Bertz CT molecular complexity index is 411. The van der Waals surface area contributed by atoms with E-state index in [4.69, 9.17) is 5.73 Å². The van der Waals surface area contributed by atoms with Crippen LogP contribution in [0.4, 0.5) is 5.82 Å². The van der Waals surface area contributed by atoms with Crippen LogP contribution in [-0.4, -0.2) is 28.9 Å². The minimum Gasteiger partial charge on any atom is -0.357 e. The molecule has 116 valence electrons. The zero-order valence-electron chi connectivity index (χ0n) is 14.1. The predicted molar refractivity (Wildman–Crippen MR) is 87.3 cm³/mol. The smallest absolute Gasteiger partial charge is 0.130 e. The molecule has 1 aromatic heterocycles. The van der Waals surface area contributed by atoms with Crippen LogP contribution in [0.15, 0.2) is 0 Å². The molecular weight excluding hydrogens is 248 g/mol. The van der Waals surface area contributed by atoms with Gasteiger partial charge in [-0.1, -0.05) is 27.2 Å². The van der Waals surface area contributed by atoms with Crippen molar-refractivity contribution in [2.24, 2.45) is 18.7 Å². The average molecular weight is 280 g/mol.